The van der Waals surface area contributed by atoms with Crippen molar-refractivity contribution >= 4 is 34.9 Å². The van der Waals surface area contributed by atoms with E-state index in [9.17, 15) is 0 Å². The average molecular weight is 444 g/mol. The van der Waals surface area contributed by atoms with Crippen molar-refractivity contribution in [2.24, 2.45) is 0 Å². The number of anilines is 2. The minimum Gasteiger partial charge on any atom is -0.453 e. The fourth-order valence-corrected chi connectivity index (χ4v) is 4.33. The topological polar surface area (TPSA) is 75.7 Å². The Morgan fingerprint density at radius 3 is 2.61 bits per heavy atom. The van der Waals surface area contributed by atoms with Crippen LogP contribution in [0.1, 0.15) is 0 Å². The summed E-state index contributed by atoms with van der Waals surface area (Å²) in [5.41, 5.74) is 2.04. The molecule has 0 bridgehead atoms. The number of rotatable bonds is 7. The van der Waals surface area contributed by atoms with Crippen LogP contribution in [0.15, 0.2) is 99.9 Å². The van der Waals surface area contributed by atoms with Gasteiger partial charge < -0.3 is 15.0 Å². The number of para-hydroxylation sites is 1. The lowest BCUT2D eigenvalue weighted by Gasteiger charge is -2.12. The summed E-state index contributed by atoms with van der Waals surface area (Å²) < 4.78 is 6.15. The monoisotopic (exact) mass is 443 g/mol. The van der Waals surface area contributed by atoms with Gasteiger partial charge in [0.25, 0.3) is 0 Å². The largest absolute Gasteiger partial charge is 0.453 e. The molecule has 8 heteroatoms. The number of hydrogen-bond acceptors (Lipinski definition) is 7. The summed E-state index contributed by atoms with van der Waals surface area (Å²) in [5.74, 6) is 2.52. The maximum atomic E-state index is 6.15. The van der Waals surface area contributed by atoms with Crippen LogP contribution in [0.3, 0.4) is 0 Å². The van der Waals surface area contributed by atoms with E-state index in [0.29, 0.717) is 17.5 Å². The van der Waals surface area contributed by atoms with E-state index in [4.69, 9.17) is 4.74 Å². The highest BCUT2D eigenvalue weighted by Crippen LogP contribution is 2.35. The van der Waals surface area contributed by atoms with Crippen LogP contribution in [0.5, 0.6) is 11.5 Å². The van der Waals surface area contributed by atoms with Gasteiger partial charge >= 0.3 is 0 Å². The van der Waals surface area contributed by atoms with Crippen LogP contribution in [-0.4, -0.2) is 19.9 Å². The van der Waals surface area contributed by atoms with Crippen molar-refractivity contribution in [3.63, 3.8) is 0 Å². The normalized spacial score (nSPS) is 10.7. The van der Waals surface area contributed by atoms with Gasteiger partial charge in [-0.1, -0.05) is 30.0 Å². The molecule has 152 valence electrons. The summed E-state index contributed by atoms with van der Waals surface area (Å²) in [7, 11) is 0. The first-order chi connectivity index (χ1) is 15.3. The number of aromatic amines is 1. The number of hydrogen-bond donors (Lipinski definition) is 2. The molecular formula is C23H17N5OS2. The smallest absolute Gasteiger partial charge is 0.206 e. The molecule has 5 aromatic rings. The number of nitrogens with one attached hydrogen (secondary N) is 2. The average Bonchev–Trinajstić information content (AvgIpc) is 3.49. The Labute approximate surface area is 187 Å². The Morgan fingerprint density at radius 1 is 0.935 bits per heavy atom. The van der Waals surface area contributed by atoms with Crippen LogP contribution in [0.4, 0.5) is 11.8 Å². The van der Waals surface area contributed by atoms with E-state index in [1.807, 2.05) is 60.1 Å². The molecule has 0 aliphatic carbocycles. The number of nitrogens with zero attached hydrogens (tertiary/aromatic N) is 3. The molecule has 4 aromatic heterocycles. The van der Waals surface area contributed by atoms with E-state index < -0.39 is 0 Å². The Morgan fingerprint density at radius 2 is 1.81 bits per heavy atom. The van der Waals surface area contributed by atoms with E-state index in [1.54, 1.807) is 41.7 Å². The molecule has 0 atom stereocenters. The predicted molar refractivity (Wildman–Crippen MR) is 124 cm³/mol. The molecule has 1 aromatic carbocycles. The van der Waals surface area contributed by atoms with Crippen molar-refractivity contribution in [3.05, 3.63) is 90.1 Å². The highest BCUT2D eigenvalue weighted by molar-refractivity contribution is 7.99. The molecule has 6 nitrogen and oxygen atoms in total. The quantitative estimate of drug-likeness (QED) is 0.295. The molecule has 0 aliphatic heterocycles. The van der Waals surface area contributed by atoms with Gasteiger partial charge in [0.2, 0.25) is 5.95 Å². The van der Waals surface area contributed by atoms with E-state index in [1.165, 1.54) is 0 Å². The molecule has 0 aliphatic rings. The van der Waals surface area contributed by atoms with E-state index in [0.717, 1.165) is 26.8 Å². The van der Waals surface area contributed by atoms with Gasteiger partial charge in [0.15, 0.2) is 11.6 Å². The SMILES string of the molecule is c1ccc(Oc2cc(Sc3ccncc3)cnc2Nc2ncc(-c3ccsc3)[nH]2)cc1. The van der Waals surface area contributed by atoms with Crippen molar-refractivity contribution in [1.29, 1.82) is 0 Å². The maximum Gasteiger partial charge on any atom is 0.206 e. The lowest BCUT2D eigenvalue weighted by molar-refractivity contribution is 0.481. The second-order valence-electron chi connectivity index (χ2n) is 6.50. The minimum absolute atomic E-state index is 0.578. The van der Waals surface area contributed by atoms with E-state index >= 15 is 0 Å². The molecular weight excluding hydrogens is 426 g/mol. The fraction of sp³-hybridized carbons (Fsp3) is 0. The Kier molecular flexibility index (Phi) is 5.64. The number of H-pyrrole nitrogens is 1. The number of aromatic nitrogens is 4. The first-order valence-electron chi connectivity index (χ1n) is 9.49. The van der Waals surface area contributed by atoms with Gasteiger partial charge in [0, 0.05) is 45.4 Å². The molecule has 0 fully saturated rings. The molecule has 0 saturated heterocycles. The second-order valence-corrected chi connectivity index (χ2v) is 8.43. The third-order valence-corrected chi connectivity index (χ3v) is 5.98. The van der Waals surface area contributed by atoms with Gasteiger partial charge in [0.1, 0.15) is 5.75 Å². The zero-order chi connectivity index (χ0) is 20.9. The first kappa shape index (κ1) is 19.3. The van der Waals surface area contributed by atoms with Crippen LogP contribution < -0.4 is 10.1 Å². The fourth-order valence-electron chi connectivity index (χ4n) is 2.87. The number of benzene rings is 1. The van der Waals surface area contributed by atoms with E-state index in [2.05, 4.69) is 36.7 Å². The number of imidazole rings is 1. The molecule has 0 unspecified atom stereocenters. The van der Waals surface area contributed by atoms with Crippen molar-refractivity contribution in [1.82, 2.24) is 19.9 Å². The summed E-state index contributed by atoms with van der Waals surface area (Å²) in [6.07, 6.45) is 7.16. The minimum atomic E-state index is 0.578. The van der Waals surface area contributed by atoms with Gasteiger partial charge in [-0.3, -0.25) is 4.98 Å². The van der Waals surface area contributed by atoms with Crippen molar-refractivity contribution in [2.45, 2.75) is 9.79 Å². The van der Waals surface area contributed by atoms with Crippen molar-refractivity contribution < 1.29 is 4.74 Å². The van der Waals surface area contributed by atoms with Crippen LogP contribution in [0, 0.1) is 0 Å². The van der Waals surface area contributed by atoms with Crippen molar-refractivity contribution in [2.75, 3.05) is 5.32 Å². The highest BCUT2D eigenvalue weighted by atomic mass is 32.2. The Bertz CT molecular complexity index is 1260. The number of thiophene rings is 1. The summed E-state index contributed by atoms with van der Waals surface area (Å²) in [6, 6.07) is 17.6. The standard InChI is InChI=1S/C23H17N5OS2/c1-2-4-17(5-3-1)29-21-12-19(31-18-6-9-24-10-7-18)13-25-22(21)28-23-26-14-20(27-23)16-8-11-30-15-16/h1-15H,(H2,25,26,27,28). The molecule has 0 amide bonds. The zero-order valence-corrected chi connectivity index (χ0v) is 17.9. The van der Waals surface area contributed by atoms with Gasteiger partial charge in [-0.15, -0.1) is 0 Å². The molecule has 5 rings (SSSR count). The zero-order valence-electron chi connectivity index (χ0n) is 16.2. The lowest BCUT2D eigenvalue weighted by Crippen LogP contribution is -1.99. The Hall–Kier alpha value is -3.62. The number of pyridine rings is 2. The number of ether oxygens (including phenoxy) is 1. The predicted octanol–water partition coefficient (Wildman–Crippen LogP) is 6.62. The van der Waals surface area contributed by atoms with Gasteiger partial charge in [0.05, 0.1) is 11.9 Å². The molecule has 0 saturated carbocycles. The Balaban J connectivity index is 1.43. The summed E-state index contributed by atoms with van der Waals surface area (Å²) in [4.78, 5) is 18.4. The summed E-state index contributed by atoms with van der Waals surface area (Å²) in [5, 5.41) is 7.36. The van der Waals surface area contributed by atoms with Crippen LogP contribution in [0.2, 0.25) is 0 Å². The van der Waals surface area contributed by atoms with E-state index in [-0.39, 0.29) is 0 Å². The summed E-state index contributed by atoms with van der Waals surface area (Å²) in [6.45, 7) is 0. The van der Waals surface area contributed by atoms with Crippen LogP contribution in [-0.2, 0) is 0 Å². The third kappa shape index (κ3) is 4.76. The van der Waals surface area contributed by atoms with Gasteiger partial charge in [-0.2, -0.15) is 11.3 Å². The third-order valence-electron chi connectivity index (χ3n) is 4.33. The van der Waals surface area contributed by atoms with Gasteiger partial charge in [-0.05, 0) is 35.7 Å². The molecule has 0 radical (unpaired) electrons. The van der Waals surface area contributed by atoms with Crippen molar-refractivity contribution in [3.8, 4) is 22.8 Å². The second kappa shape index (κ2) is 9.03. The lowest BCUT2D eigenvalue weighted by atomic mass is 10.3. The molecule has 31 heavy (non-hydrogen) atoms. The maximum absolute atomic E-state index is 6.15. The van der Waals surface area contributed by atoms with Crippen LogP contribution in [0.25, 0.3) is 11.3 Å². The molecule has 2 N–H and O–H groups in total. The molecule has 0 spiro atoms. The summed E-state index contributed by atoms with van der Waals surface area (Å²) >= 11 is 3.24. The molecule has 4 heterocycles. The van der Waals surface area contributed by atoms with Gasteiger partial charge in [-0.25, -0.2) is 9.97 Å². The first-order valence-corrected chi connectivity index (χ1v) is 11.2. The highest BCUT2D eigenvalue weighted by Gasteiger charge is 2.12. The van der Waals surface area contributed by atoms with Crippen LogP contribution >= 0.6 is 23.1 Å².